The fraction of sp³-hybridized carbons (Fsp3) is 1.00. The lowest BCUT2D eigenvalue weighted by Gasteiger charge is -2.48. The van der Waals surface area contributed by atoms with Crippen molar-refractivity contribution < 1.29 is 74.4 Å². The van der Waals surface area contributed by atoms with Crippen molar-refractivity contribution >= 4 is 0 Å². The van der Waals surface area contributed by atoms with Gasteiger partial charge in [0.05, 0.1) is 24.7 Å². The molecule has 43 heavy (non-hydrogen) atoms. The highest BCUT2D eigenvalue weighted by molar-refractivity contribution is 5.04. The predicted octanol–water partition coefficient (Wildman–Crippen LogP) is -9.89. The van der Waals surface area contributed by atoms with E-state index in [0.29, 0.717) is 0 Å². The molecule has 1 saturated carbocycles. The van der Waals surface area contributed by atoms with Gasteiger partial charge in [-0.15, -0.1) is 0 Å². The van der Waals surface area contributed by atoms with Crippen LogP contribution in [-0.4, -0.2) is 188 Å². The molecule has 0 amide bonds. The van der Waals surface area contributed by atoms with Crippen molar-refractivity contribution in [1.29, 1.82) is 0 Å². The first-order valence-corrected chi connectivity index (χ1v) is 13.9. The molecule has 4 aliphatic rings. The van der Waals surface area contributed by atoms with Crippen LogP contribution in [0.15, 0.2) is 0 Å². The van der Waals surface area contributed by atoms with E-state index >= 15 is 0 Å². The van der Waals surface area contributed by atoms with Crippen molar-refractivity contribution in [1.82, 2.24) is 0 Å². The van der Waals surface area contributed by atoms with Crippen LogP contribution in [0.25, 0.3) is 0 Å². The van der Waals surface area contributed by atoms with Crippen LogP contribution in [-0.2, 0) is 28.4 Å². The second kappa shape index (κ2) is 14.3. The average Bonchev–Trinajstić information content (AvgIpc) is 3.29. The lowest BCUT2D eigenvalue weighted by atomic mass is 9.83. The average molecular weight is 632 g/mol. The number of aliphatic hydroxyl groups is 9. The Morgan fingerprint density at radius 3 is 1.33 bits per heavy atom. The maximum atomic E-state index is 11.1. The molecule has 4 fully saturated rings. The third-order valence-electron chi connectivity index (χ3n) is 8.44. The largest absolute Gasteiger partial charge is 0.394 e. The lowest BCUT2D eigenvalue weighted by Crippen LogP contribution is -2.71. The zero-order valence-corrected chi connectivity index (χ0v) is 23.0. The third kappa shape index (κ3) is 6.70. The van der Waals surface area contributed by atoms with Gasteiger partial charge in [-0.25, -0.2) is 0 Å². The fourth-order valence-electron chi connectivity index (χ4n) is 5.69. The molecule has 3 aliphatic heterocycles. The molecular weight excluding hydrogens is 586 g/mol. The highest BCUT2D eigenvalue weighted by Crippen LogP contribution is 2.34. The van der Waals surface area contributed by atoms with Crippen molar-refractivity contribution in [3.05, 3.63) is 0 Å². The van der Waals surface area contributed by atoms with Crippen LogP contribution in [0.2, 0.25) is 0 Å². The molecule has 19 N–H and O–H groups in total. The minimum atomic E-state index is -1.89. The Bertz CT molecular complexity index is 898. The second-order valence-corrected chi connectivity index (χ2v) is 11.2. The van der Waals surface area contributed by atoms with Gasteiger partial charge < -0.3 is 103 Å². The third-order valence-corrected chi connectivity index (χ3v) is 8.44. The molecule has 0 aromatic rings. The van der Waals surface area contributed by atoms with Gasteiger partial charge in [0.2, 0.25) is 0 Å². The number of ether oxygens (including phenoxy) is 6. The Labute approximate surface area is 245 Å². The molecule has 0 unspecified atom stereocenters. The first kappa shape index (κ1) is 35.1. The smallest absolute Gasteiger partial charge is 0.187 e. The summed E-state index contributed by atoms with van der Waals surface area (Å²) < 4.78 is 34.1. The van der Waals surface area contributed by atoms with E-state index in [0.717, 1.165) is 0 Å². The molecule has 1 aliphatic carbocycles. The maximum absolute atomic E-state index is 11.1. The molecule has 3 heterocycles. The number of rotatable bonds is 9. The Hall–Kier alpha value is -0.800. The molecule has 20 atom stereocenters. The van der Waals surface area contributed by atoms with E-state index in [1.807, 2.05) is 0 Å². The molecule has 252 valence electrons. The predicted molar refractivity (Wildman–Crippen MR) is 138 cm³/mol. The Kier molecular flexibility index (Phi) is 11.7. The summed E-state index contributed by atoms with van der Waals surface area (Å²) in [7, 11) is 0. The molecule has 20 nitrogen and oxygen atoms in total. The van der Waals surface area contributed by atoms with Crippen molar-refractivity contribution in [2.45, 2.75) is 122 Å². The van der Waals surface area contributed by atoms with Crippen molar-refractivity contribution in [2.75, 3.05) is 19.7 Å². The molecule has 0 radical (unpaired) electrons. The van der Waals surface area contributed by atoms with Crippen LogP contribution in [0.4, 0.5) is 0 Å². The fourth-order valence-corrected chi connectivity index (χ4v) is 5.69. The van der Waals surface area contributed by atoms with E-state index in [2.05, 4.69) is 0 Å². The van der Waals surface area contributed by atoms with Gasteiger partial charge >= 0.3 is 0 Å². The van der Waals surface area contributed by atoms with Crippen LogP contribution in [0.1, 0.15) is 0 Å². The zero-order valence-electron chi connectivity index (χ0n) is 23.0. The van der Waals surface area contributed by atoms with E-state index in [9.17, 15) is 46.0 Å². The highest BCUT2D eigenvalue weighted by atomic mass is 16.8. The van der Waals surface area contributed by atoms with Gasteiger partial charge in [0.15, 0.2) is 18.9 Å². The number of hydrogen-bond acceptors (Lipinski definition) is 20. The van der Waals surface area contributed by atoms with Crippen LogP contribution >= 0.6 is 0 Å². The molecule has 4 rings (SSSR count). The van der Waals surface area contributed by atoms with Crippen molar-refractivity contribution in [2.24, 2.45) is 28.7 Å². The van der Waals surface area contributed by atoms with E-state index in [1.54, 1.807) is 0 Å². The van der Waals surface area contributed by atoms with E-state index in [-0.39, 0.29) is 13.1 Å². The quantitative estimate of drug-likeness (QED) is 0.112. The number of nitrogens with two attached hydrogens (primary N) is 5. The molecule has 20 heteroatoms. The van der Waals surface area contributed by atoms with E-state index in [1.165, 1.54) is 0 Å². The summed E-state index contributed by atoms with van der Waals surface area (Å²) in [5.74, 6) is 0. The summed E-state index contributed by atoms with van der Waals surface area (Å²) in [6.07, 6.45) is -25.6. The van der Waals surface area contributed by atoms with Gasteiger partial charge in [-0.2, -0.15) is 0 Å². The summed E-state index contributed by atoms with van der Waals surface area (Å²) in [5, 5.41) is 93.7. The second-order valence-electron chi connectivity index (χ2n) is 11.2. The van der Waals surface area contributed by atoms with Gasteiger partial charge in [0, 0.05) is 13.1 Å². The van der Waals surface area contributed by atoms with Crippen LogP contribution in [0.3, 0.4) is 0 Å². The Morgan fingerprint density at radius 1 is 0.442 bits per heavy atom. The summed E-state index contributed by atoms with van der Waals surface area (Å²) in [6, 6.07) is -4.08. The number of aliphatic hydroxyl groups excluding tert-OH is 9. The normalized spacial score (nSPS) is 54.6. The standard InChI is InChI=1S/C23H45N5O15/c24-1-4-10(30)13(33)8(27)21(38-4)41-18-6(3-29)40-23(17(18)37)43-20-16(36)15(35)12(32)7(26)19(20)42-22-9(28)14(34)11(31)5(2-25)39-22/h4-23,29-37H,1-3,24-28H2/t4-,5+,6+,7-,8+,9+,10+,11+,12-,13+,14+,15+,16-,17+,18+,19+,20+,21+,22+,23-/m0/s1. The van der Waals surface area contributed by atoms with Crippen molar-refractivity contribution in [3.63, 3.8) is 0 Å². The van der Waals surface area contributed by atoms with Gasteiger partial charge in [-0.1, -0.05) is 0 Å². The highest BCUT2D eigenvalue weighted by Gasteiger charge is 2.56. The Morgan fingerprint density at radius 2 is 0.860 bits per heavy atom. The first-order valence-electron chi connectivity index (χ1n) is 13.9. The summed E-state index contributed by atoms with van der Waals surface area (Å²) in [4.78, 5) is 0. The van der Waals surface area contributed by atoms with E-state index < -0.39 is 129 Å². The topological polar surface area (TPSA) is 368 Å². The van der Waals surface area contributed by atoms with Crippen LogP contribution in [0.5, 0.6) is 0 Å². The molecule has 3 saturated heterocycles. The van der Waals surface area contributed by atoms with Crippen LogP contribution < -0.4 is 28.7 Å². The van der Waals surface area contributed by atoms with Crippen LogP contribution in [0, 0.1) is 0 Å². The lowest BCUT2D eigenvalue weighted by molar-refractivity contribution is -0.319. The molecule has 0 aromatic heterocycles. The summed E-state index contributed by atoms with van der Waals surface area (Å²) in [6.45, 7) is -1.14. The molecule has 0 bridgehead atoms. The SMILES string of the molecule is NC[C@@H]1O[C@H](O[C@H]2[C@@H](O)[C@H](O[C@@H]3[C@@H](O)[C@H](O)[C@@H](O)[C@H](N)[C@H]3O[C@H]3O[C@H](CN)[C@@H](O)[C@H](O)[C@H]3N)O[C@@H]2CO)[C@H](N)[C@@H](O)[C@@H]1O. The molecule has 0 spiro atoms. The minimum absolute atomic E-state index is 0.199. The Balaban J connectivity index is 1.52. The zero-order chi connectivity index (χ0) is 31.9. The van der Waals surface area contributed by atoms with Crippen molar-refractivity contribution in [3.8, 4) is 0 Å². The van der Waals surface area contributed by atoms with Gasteiger partial charge in [0.25, 0.3) is 0 Å². The minimum Gasteiger partial charge on any atom is -0.394 e. The van der Waals surface area contributed by atoms with Gasteiger partial charge in [-0.3, -0.25) is 0 Å². The summed E-state index contributed by atoms with van der Waals surface area (Å²) >= 11 is 0. The first-order chi connectivity index (χ1) is 20.3. The number of hydrogen-bond donors (Lipinski definition) is 14. The monoisotopic (exact) mass is 631 g/mol. The summed E-state index contributed by atoms with van der Waals surface area (Å²) in [5.41, 5.74) is 29.2. The van der Waals surface area contributed by atoms with Gasteiger partial charge in [-0.05, 0) is 0 Å². The van der Waals surface area contributed by atoms with E-state index in [4.69, 9.17) is 57.1 Å². The molecule has 0 aromatic carbocycles. The molecular formula is C23H45N5O15. The maximum Gasteiger partial charge on any atom is 0.187 e. The van der Waals surface area contributed by atoms with Gasteiger partial charge in [0.1, 0.15) is 85.5 Å².